The van der Waals surface area contributed by atoms with Gasteiger partial charge in [0.2, 0.25) is 0 Å². The zero-order chi connectivity index (χ0) is 30.7. The van der Waals surface area contributed by atoms with Gasteiger partial charge >= 0.3 is 241 Å². The maximum absolute atomic E-state index is 2.36. The molecule has 0 amide bonds. The number of unbranched alkanes of at least 4 members (excludes halogenated alkanes) is 28. The van der Waals surface area contributed by atoms with E-state index in [-0.39, 0.29) is 9.19 Å². The quantitative estimate of drug-likeness (QED) is 0.0365. The van der Waals surface area contributed by atoms with Crippen LogP contribution in [0.15, 0.2) is 0 Å². The summed E-state index contributed by atoms with van der Waals surface area (Å²) < 4.78 is 0. The average Bonchev–Trinajstić information content (AvgIpc) is 3.00. The predicted molar refractivity (Wildman–Crippen MR) is 207 cm³/mol. The molecule has 0 aliphatic heterocycles. The predicted octanol–water partition coefficient (Wildman–Crippen LogP) is 14.8. The monoisotopic (exact) mass is 627 g/mol. The normalized spacial score (nSPS) is 12.7. The van der Waals surface area contributed by atoms with Gasteiger partial charge in [-0.1, -0.05) is 32.6 Å². The molecule has 2 heteroatoms. The van der Waals surface area contributed by atoms with E-state index in [4.69, 9.17) is 0 Å². The van der Waals surface area contributed by atoms with Gasteiger partial charge in [-0.15, -0.1) is 0 Å². The van der Waals surface area contributed by atoms with Crippen LogP contribution in [0.25, 0.3) is 0 Å². The van der Waals surface area contributed by atoms with Gasteiger partial charge in [-0.3, -0.25) is 0 Å². The van der Waals surface area contributed by atoms with Gasteiger partial charge in [0.05, 0.1) is 0 Å². The topological polar surface area (TPSA) is 0 Å². The molecule has 0 heterocycles. The molecular weight excluding hydrogens is 540 g/mol. The first-order chi connectivity index (χ1) is 20.7. The van der Waals surface area contributed by atoms with Crippen LogP contribution in [0.3, 0.4) is 0 Å². The van der Waals surface area contributed by atoms with E-state index in [0.29, 0.717) is 0 Å². The SMILES string of the molecule is CCCCCCCCCCCCCCCC[SiH2][PH](CCCCCCCC)(CCCCCCCC)CCCCCCCC. The number of rotatable bonds is 37. The molecule has 0 radical (unpaired) electrons. The van der Waals surface area contributed by atoms with Gasteiger partial charge in [-0.2, -0.15) is 0 Å². The Morgan fingerprint density at radius 3 is 0.738 bits per heavy atom. The third-order valence-electron chi connectivity index (χ3n) is 10.5. The fraction of sp³-hybridized carbons (Fsp3) is 1.00. The molecular formula is C40H87PSi. The summed E-state index contributed by atoms with van der Waals surface area (Å²) in [7, 11) is 0.164. The standard InChI is InChI=1S/C40H87PSi/c1-5-9-13-17-21-22-23-24-25-26-27-28-32-36-40-42-41(37-33-29-18-14-10-6-2,38-34-30-19-15-11-7-3)39-35-31-20-16-12-8-4/h41H,5-40,42H2,1-4H3. The van der Waals surface area contributed by atoms with Crippen LogP contribution in [0.1, 0.15) is 233 Å². The Morgan fingerprint density at radius 1 is 0.262 bits per heavy atom. The van der Waals surface area contributed by atoms with Gasteiger partial charge in [0.25, 0.3) is 0 Å². The molecule has 0 aliphatic carbocycles. The van der Waals surface area contributed by atoms with Crippen molar-refractivity contribution in [1.29, 1.82) is 0 Å². The van der Waals surface area contributed by atoms with Gasteiger partial charge in [0, 0.05) is 0 Å². The van der Waals surface area contributed by atoms with Crippen LogP contribution in [0.5, 0.6) is 0 Å². The molecule has 0 bridgehead atoms. The summed E-state index contributed by atoms with van der Waals surface area (Å²) >= 11 is 0. The average molecular weight is 627 g/mol. The minimum absolute atomic E-state index is 0.164. The molecule has 0 saturated carbocycles. The second-order valence-electron chi connectivity index (χ2n) is 14.8. The number of hydrogen-bond acceptors (Lipinski definition) is 0. The summed E-state index contributed by atoms with van der Waals surface area (Å²) in [6, 6.07) is 1.71. The summed E-state index contributed by atoms with van der Waals surface area (Å²) in [4.78, 5) is 0. The van der Waals surface area contributed by atoms with E-state index >= 15 is 0 Å². The zero-order valence-corrected chi connectivity index (χ0v) is 33.1. The molecule has 0 aromatic carbocycles. The molecule has 0 saturated heterocycles. The Balaban J connectivity index is 4.49. The molecule has 42 heavy (non-hydrogen) atoms. The van der Waals surface area contributed by atoms with E-state index in [1.807, 2.05) is 0 Å². The Morgan fingerprint density at radius 2 is 0.476 bits per heavy atom. The summed E-state index contributed by atoms with van der Waals surface area (Å²) in [5.74, 6) is 0. The molecule has 0 aromatic rings. The van der Waals surface area contributed by atoms with Crippen molar-refractivity contribution in [2.45, 2.75) is 239 Å². The second kappa shape index (κ2) is 36.1. The Bertz CT molecular complexity index is 437. The molecule has 0 fully saturated rings. The van der Waals surface area contributed by atoms with E-state index in [1.165, 1.54) is 154 Å². The first-order valence-electron chi connectivity index (χ1n) is 20.7. The van der Waals surface area contributed by atoms with Gasteiger partial charge in [0.15, 0.2) is 0 Å². The molecule has 0 unspecified atom stereocenters. The van der Waals surface area contributed by atoms with Crippen molar-refractivity contribution in [3.63, 3.8) is 0 Å². The van der Waals surface area contributed by atoms with Crippen molar-refractivity contribution in [3.05, 3.63) is 0 Å². The molecule has 256 valence electrons. The minimum atomic E-state index is -0.967. The Hall–Kier alpha value is 0.647. The van der Waals surface area contributed by atoms with Crippen molar-refractivity contribution in [2.75, 3.05) is 18.5 Å². The van der Waals surface area contributed by atoms with Crippen LogP contribution >= 0.6 is 6.81 Å². The van der Waals surface area contributed by atoms with E-state index in [2.05, 4.69) is 27.7 Å². The Labute approximate surface area is 272 Å². The summed E-state index contributed by atoms with van der Waals surface area (Å²) in [5.41, 5.74) is 0. The van der Waals surface area contributed by atoms with E-state index in [0.717, 1.165) is 0 Å². The molecule has 0 rings (SSSR count). The van der Waals surface area contributed by atoms with Crippen LogP contribution in [0.4, 0.5) is 0 Å². The summed E-state index contributed by atoms with van der Waals surface area (Å²) in [6.07, 6.45) is 53.3. The first-order valence-corrected chi connectivity index (χ1v) is 26.7. The molecule has 0 aliphatic rings. The molecule has 0 aromatic heterocycles. The third-order valence-corrected chi connectivity index (χ3v) is 24.1. The van der Waals surface area contributed by atoms with Crippen molar-refractivity contribution < 1.29 is 0 Å². The molecule has 0 spiro atoms. The van der Waals surface area contributed by atoms with Gasteiger partial charge < -0.3 is 0 Å². The van der Waals surface area contributed by atoms with Crippen molar-refractivity contribution >= 4 is 16.0 Å². The van der Waals surface area contributed by atoms with E-state index in [1.54, 1.807) is 75.9 Å². The first kappa shape index (κ1) is 42.6. The van der Waals surface area contributed by atoms with E-state index < -0.39 is 6.81 Å². The zero-order valence-electron chi connectivity index (χ0n) is 30.7. The van der Waals surface area contributed by atoms with Crippen LogP contribution in [-0.4, -0.2) is 27.7 Å². The fourth-order valence-electron chi connectivity index (χ4n) is 7.46. The van der Waals surface area contributed by atoms with Crippen LogP contribution in [0.2, 0.25) is 6.04 Å². The molecule has 0 atom stereocenters. The third kappa shape index (κ3) is 30.7. The summed E-state index contributed by atoms with van der Waals surface area (Å²) in [6.45, 7) is 8.44. The van der Waals surface area contributed by atoms with Crippen molar-refractivity contribution in [2.24, 2.45) is 0 Å². The maximum atomic E-state index is 2.36. The molecule has 0 nitrogen and oxygen atoms in total. The van der Waals surface area contributed by atoms with E-state index in [9.17, 15) is 0 Å². The summed E-state index contributed by atoms with van der Waals surface area (Å²) in [5, 5.41) is 0. The van der Waals surface area contributed by atoms with Crippen molar-refractivity contribution in [1.82, 2.24) is 0 Å². The van der Waals surface area contributed by atoms with Crippen molar-refractivity contribution in [3.8, 4) is 0 Å². The molecule has 0 N–H and O–H groups in total. The number of hydrogen-bond donors (Lipinski definition) is 0. The van der Waals surface area contributed by atoms with Gasteiger partial charge in [-0.25, -0.2) is 0 Å². The van der Waals surface area contributed by atoms with Gasteiger partial charge in [-0.05, 0) is 0 Å². The van der Waals surface area contributed by atoms with Crippen LogP contribution in [0, 0.1) is 0 Å². The van der Waals surface area contributed by atoms with Crippen LogP contribution in [-0.2, 0) is 0 Å². The van der Waals surface area contributed by atoms with Gasteiger partial charge in [0.1, 0.15) is 0 Å². The van der Waals surface area contributed by atoms with Crippen LogP contribution < -0.4 is 0 Å². The Kier molecular flexibility index (Phi) is 36.7. The fourth-order valence-corrected chi connectivity index (χ4v) is 20.8. The second-order valence-corrected chi connectivity index (χ2v) is 26.5.